The molecule has 5 heteroatoms. The Labute approximate surface area is 90.5 Å². The molecular formula is C10H20N2O3. The van der Waals surface area contributed by atoms with Crippen molar-refractivity contribution in [2.24, 2.45) is 5.73 Å². The minimum Gasteiger partial charge on any atom is -0.447 e. The van der Waals surface area contributed by atoms with Crippen molar-refractivity contribution >= 4 is 6.09 Å². The summed E-state index contributed by atoms with van der Waals surface area (Å²) in [6.07, 6.45) is -0.452. The first-order valence-corrected chi connectivity index (χ1v) is 5.33. The normalized spacial score (nSPS) is 24.1. The molecule has 0 aromatic heterocycles. The summed E-state index contributed by atoms with van der Waals surface area (Å²) in [6.45, 7) is 7.17. The lowest BCUT2D eigenvalue weighted by Gasteiger charge is -2.34. The van der Waals surface area contributed by atoms with Gasteiger partial charge in [-0.25, -0.2) is 4.79 Å². The van der Waals surface area contributed by atoms with E-state index in [9.17, 15) is 4.79 Å². The lowest BCUT2D eigenvalue weighted by atomic mass is 10.1. The van der Waals surface area contributed by atoms with Crippen LogP contribution in [0.1, 0.15) is 20.8 Å². The zero-order valence-electron chi connectivity index (χ0n) is 9.60. The number of hydrogen-bond donors (Lipinski definition) is 1. The van der Waals surface area contributed by atoms with Gasteiger partial charge in [-0.05, 0) is 20.8 Å². The number of nitrogens with two attached hydrogens (primary N) is 1. The molecule has 1 saturated heterocycles. The first kappa shape index (κ1) is 12.3. The first-order valence-electron chi connectivity index (χ1n) is 5.33. The molecule has 1 heterocycles. The number of carbonyl (C=O) groups excluding carboxylic acids is 1. The monoisotopic (exact) mass is 216 g/mol. The Morgan fingerprint density at radius 1 is 1.53 bits per heavy atom. The second kappa shape index (κ2) is 5.32. The number of carbonyl (C=O) groups is 1. The third-order valence-corrected chi connectivity index (χ3v) is 2.27. The Morgan fingerprint density at radius 2 is 2.20 bits per heavy atom. The third kappa shape index (κ3) is 3.68. The van der Waals surface area contributed by atoms with Crippen LogP contribution in [0.2, 0.25) is 0 Å². The van der Waals surface area contributed by atoms with Gasteiger partial charge in [0, 0.05) is 12.6 Å². The quantitative estimate of drug-likeness (QED) is 0.733. The van der Waals surface area contributed by atoms with Gasteiger partial charge in [0.1, 0.15) is 0 Å². The number of rotatable bonds is 2. The van der Waals surface area contributed by atoms with E-state index in [4.69, 9.17) is 15.2 Å². The molecule has 88 valence electrons. The predicted octanol–water partition coefficient (Wildman–Crippen LogP) is 0.579. The Kier molecular flexibility index (Phi) is 4.35. The highest BCUT2D eigenvalue weighted by Gasteiger charge is 2.27. The molecule has 2 N–H and O–H groups in total. The van der Waals surface area contributed by atoms with Crippen molar-refractivity contribution in [1.29, 1.82) is 0 Å². The van der Waals surface area contributed by atoms with Crippen LogP contribution in [0, 0.1) is 0 Å². The highest BCUT2D eigenvalue weighted by atomic mass is 16.6. The first-order chi connectivity index (χ1) is 7.00. The fourth-order valence-corrected chi connectivity index (χ4v) is 1.44. The van der Waals surface area contributed by atoms with Crippen LogP contribution in [0.3, 0.4) is 0 Å². The van der Waals surface area contributed by atoms with Gasteiger partial charge in [0.2, 0.25) is 0 Å². The van der Waals surface area contributed by atoms with Gasteiger partial charge >= 0.3 is 6.09 Å². The molecule has 0 aromatic rings. The van der Waals surface area contributed by atoms with E-state index >= 15 is 0 Å². The molecule has 0 saturated carbocycles. The molecule has 15 heavy (non-hydrogen) atoms. The molecule has 0 spiro atoms. The van der Waals surface area contributed by atoms with Gasteiger partial charge in [-0.2, -0.15) is 0 Å². The number of morpholine rings is 1. The maximum Gasteiger partial charge on any atom is 0.410 e. The van der Waals surface area contributed by atoms with Gasteiger partial charge < -0.3 is 20.1 Å². The van der Waals surface area contributed by atoms with Gasteiger partial charge in [-0.1, -0.05) is 0 Å². The maximum absolute atomic E-state index is 11.6. The van der Waals surface area contributed by atoms with Gasteiger partial charge in [0.05, 0.1) is 25.4 Å². The van der Waals surface area contributed by atoms with Gasteiger partial charge in [-0.15, -0.1) is 0 Å². The van der Waals surface area contributed by atoms with E-state index in [1.165, 1.54) is 0 Å². The molecule has 1 rings (SSSR count). The topological polar surface area (TPSA) is 64.8 Å². The largest absolute Gasteiger partial charge is 0.447 e. The zero-order valence-corrected chi connectivity index (χ0v) is 9.60. The lowest BCUT2D eigenvalue weighted by molar-refractivity contribution is -0.0388. The fraction of sp³-hybridized carbons (Fsp3) is 0.900. The van der Waals surface area contributed by atoms with E-state index < -0.39 is 0 Å². The van der Waals surface area contributed by atoms with Crippen LogP contribution >= 0.6 is 0 Å². The van der Waals surface area contributed by atoms with E-state index in [0.717, 1.165) is 0 Å². The van der Waals surface area contributed by atoms with Crippen LogP contribution < -0.4 is 5.73 Å². The maximum atomic E-state index is 11.6. The van der Waals surface area contributed by atoms with Crippen molar-refractivity contribution < 1.29 is 14.3 Å². The Bertz CT molecular complexity index is 219. The second-order valence-electron chi connectivity index (χ2n) is 4.15. The smallest absolute Gasteiger partial charge is 0.410 e. The van der Waals surface area contributed by atoms with Crippen molar-refractivity contribution in [3.63, 3.8) is 0 Å². The van der Waals surface area contributed by atoms with Crippen molar-refractivity contribution in [2.45, 2.75) is 39.0 Å². The lowest BCUT2D eigenvalue weighted by Crippen LogP contribution is -2.51. The molecule has 0 bridgehead atoms. The van der Waals surface area contributed by atoms with Crippen molar-refractivity contribution in [3.05, 3.63) is 0 Å². The standard InChI is InChI=1S/C10H20N2O3/c1-7(2)15-10(13)12-4-5-14-9(6-12)8(3)11/h7-9H,4-6,11H2,1-3H3. The minimum atomic E-state index is -0.279. The van der Waals surface area contributed by atoms with E-state index in [1.54, 1.807) is 4.90 Å². The van der Waals surface area contributed by atoms with Crippen molar-refractivity contribution in [2.75, 3.05) is 19.7 Å². The Balaban J connectivity index is 2.45. The minimum absolute atomic E-state index is 0.0698. The third-order valence-electron chi connectivity index (χ3n) is 2.27. The summed E-state index contributed by atoms with van der Waals surface area (Å²) in [5.41, 5.74) is 5.73. The molecule has 0 radical (unpaired) electrons. The summed E-state index contributed by atoms with van der Waals surface area (Å²) < 4.78 is 10.6. The molecule has 5 nitrogen and oxygen atoms in total. The van der Waals surface area contributed by atoms with Crippen LogP contribution in [0.5, 0.6) is 0 Å². The van der Waals surface area contributed by atoms with Crippen LogP contribution in [0.4, 0.5) is 4.79 Å². The van der Waals surface area contributed by atoms with E-state index in [-0.39, 0.29) is 24.3 Å². The van der Waals surface area contributed by atoms with Crippen LogP contribution in [-0.4, -0.2) is 48.9 Å². The molecule has 2 atom stereocenters. The summed E-state index contributed by atoms with van der Waals surface area (Å²) in [5.74, 6) is 0. The summed E-state index contributed by atoms with van der Waals surface area (Å²) in [4.78, 5) is 13.2. The second-order valence-corrected chi connectivity index (χ2v) is 4.15. The van der Waals surface area contributed by atoms with E-state index in [0.29, 0.717) is 19.7 Å². The average molecular weight is 216 g/mol. The summed E-state index contributed by atoms with van der Waals surface area (Å²) in [7, 11) is 0. The number of ether oxygens (including phenoxy) is 2. The number of nitrogens with zero attached hydrogens (tertiary/aromatic N) is 1. The molecule has 1 aliphatic rings. The SMILES string of the molecule is CC(C)OC(=O)N1CCOC(C(C)N)C1. The molecule has 1 aliphatic heterocycles. The molecule has 0 aromatic carbocycles. The zero-order chi connectivity index (χ0) is 11.4. The molecule has 1 amide bonds. The number of hydrogen-bond acceptors (Lipinski definition) is 4. The molecule has 0 aliphatic carbocycles. The van der Waals surface area contributed by atoms with Gasteiger partial charge in [-0.3, -0.25) is 0 Å². The van der Waals surface area contributed by atoms with Gasteiger partial charge in [0.15, 0.2) is 0 Å². The summed E-state index contributed by atoms with van der Waals surface area (Å²) in [5, 5.41) is 0. The highest BCUT2D eigenvalue weighted by Crippen LogP contribution is 2.09. The number of amides is 1. The summed E-state index contributed by atoms with van der Waals surface area (Å²) >= 11 is 0. The van der Waals surface area contributed by atoms with Crippen LogP contribution in [-0.2, 0) is 9.47 Å². The van der Waals surface area contributed by atoms with E-state index in [2.05, 4.69) is 0 Å². The Morgan fingerprint density at radius 3 is 2.73 bits per heavy atom. The van der Waals surface area contributed by atoms with Crippen LogP contribution in [0.15, 0.2) is 0 Å². The highest BCUT2D eigenvalue weighted by molar-refractivity contribution is 5.67. The van der Waals surface area contributed by atoms with Crippen molar-refractivity contribution in [1.82, 2.24) is 4.90 Å². The summed E-state index contributed by atoms with van der Waals surface area (Å²) in [6, 6.07) is -0.0698. The van der Waals surface area contributed by atoms with Crippen LogP contribution in [0.25, 0.3) is 0 Å². The predicted molar refractivity (Wildman–Crippen MR) is 56.6 cm³/mol. The molecular weight excluding hydrogens is 196 g/mol. The molecule has 2 unspecified atom stereocenters. The van der Waals surface area contributed by atoms with E-state index in [1.807, 2.05) is 20.8 Å². The molecule has 1 fully saturated rings. The van der Waals surface area contributed by atoms with Gasteiger partial charge in [0.25, 0.3) is 0 Å². The Hall–Kier alpha value is -0.810. The van der Waals surface area contributed by atoms with Crippen molar-refractivity contribution in [3.8, 4) is 0 Å². The fourth-order valence-electron chi connectivity index (χ4n) is 1.44. The average Bonchev–Trinajstić information content (AvgIpc) is 2.17.